The summed E-state index contributed by atoms with van der Waals surface area (Å²) < 4.78 is 0. The van der Waals surface area contributed by atoms with Crippen molar-refractivity contribution < 1.29 is 4.79 Å². The summed E-state index contributed by atoms with van der Waals surface area (Å²) in [6.07, 6.45) is 6.14. The number of hydrogen-bond donors (Lipinski definition) is 1. The second-order valence-electron chi connectivity index (χ2n) is 4.08. The lowest BCUT2D eigenvalue weighted by atomic mass is 9.82. The Morgan fingerprint density at radius 1 is 1.31 bits per heavy atom. The molecule has 1 unspecified atom stereocenters. The van der Waals surface area contributed by atoms with E-state index < -0.39 is 0 Å². The van der Waals surface area contributed by atoms with Crippen LogP contribution in [0.15, 0.2) is 11.1 Å². The van der Waals surface area contributed by atoms with Crippen molar-refractivity contribution in [2.24, 2.45) is 0 Å². The molecule has 0 saturated heterocycles. The highest BCUT2D eigenvalue weighted by molar-refractivity contribution is 5.85. The number of carbonyl (C=O) groups excluding carboxylic acids is 1. The van der Waals surface area contributed by atoms with Gasteiger partial charge in [0, 0.05) is 0 Å². The molecule has 0 aromatic carbocycles. The van der Waals surface area contributed by atoms with Gasteiger partial charge in [0.15, 0.2) is 5.78 Å². The fourth-order valence-corrected chi connectivity index (χ4v) is 2.50. The lowest BCUT2D eigenvalue weighted by Gasteiger charge is -2.31. The molecule has 2 nitrogen and oxygen atoms in total. The molecule has 0 amide bonds. The van der Waals surface area contributed by atoms with Crippen LogP contribution in [0.1, 0.15) is 39.0 Å². The van der Waals surface area contributed by atoms with Gasteiger partial charge in [-0.2, -0.15) is 0 Å². The van der Waals surface area contributed by atoms with Crippen molar-refractivity contribution in [3.8, 4) is 0 Å². The van der Waals surface area contributed by atoms with Crippen molar-refractivity contribution in [2.45, 2.75) is 45.1 Å². The summed E-state index contributed by atoms with van der Waals surface area (Å²) in [5.74, 6) is 0.286. The molecule has 0 radical (unpaired) electrons. The second-order valence-corrected chi connectivity index (χ2v) is 4.08. The van der Waals surface area contributed by atoms with Crippen LogP contribution in [0.3, 0.4) is 0 Å². The largest absolute Gasteiger partial charge is 0.304 e. The van der Waals surface area contributed by atoms with E-state index in [1.807, 2.05) is 0 Å². The normalized spacial score (nSPS) is 28.5. The molecular weight excluding hydrogens is 162 g/mol. The van der Waals surface area contributed by atoms with Crippen LogP contribution in [0.2, 0.25) is 0 Å². The quantitative estimate of drug-likeness (QED) is 0.622. The molecule has 0 aromatic rings. The lowest BCUT2D eigenvalue weighted by Crippen LogP contribution is -2.42. The maximum absolute atomic E-state index is 11.4. The molecule has 0 fully saturated rings. The summed E-state index contributed by atoms with van der Waals surface area (Å²) in [6.45, 7) is 2.69. The van der Waals surface area contributed by atoms with Gasteiger partial charge in [0.2, 0.25) is 0 Å². The fourth-order valence-electron chi connectivity index (χ4n) is 2.50. The Kier molecular flexibility index (Phi) is 2.49. The van der Waals surface area contributed by atoms with Crippen LogP contribution >= 0.6 is 0 Å². The van der Waals surface area contributed by atoms with E-state index in [1.54, 1.807) is 12.5 Å². The molecule has 1 atom stereocenters. The molecule has 1 aliphatic carbocycles. The maximum atomic E-state index is 11.4. The first kappa shape index (κ1) is 8.95. The van der Waals surface area contributed by atoms with Gasteiger partial charge in [0.1, 0.15) is 0 Å². The zero-order valence-corrected chi connectivity index (χ0v) is 8.23. The third kappa shape index (κ3) is 1.68. The van der Waals surface area contributed by atoms with Gasteiger partial charge in [0.05, 0.1) is 6.04 Å². The molecule has 0 spiro atoms. The van der Waals surface area contributed by atoms with Crippen LogP contribution in [0.4, 0.5) is 0 Å². The van der Waals surface area contributed by atoms with Crippen molar-refractivity contribution in [1.82, 2.24) is 5.32 Å². The first-order chi connectivity index (χ1) is 6.29. The van der Waals surface area contributed by atoms with E-state index in [-0.39, 0.29) is 11.8 Å². The molecule has 2 heteroatoms. The van der Waals surface area contributed by atoms with E-state index in [1.165, 1.54) is 31.3 Å². The van der Waals surface area contributed by atoms with E-state index in [0.717, 1.165) is 13.0 Å². The second kappa shape index (κ2) is 3.62. The van der Waals surface area contributed by atoms with E-state index >= 15 is 0 Å². The van der Waals surface area contributed by atoms with E-state index in [4.69, 9.17) is 0 Å². The highest BCUT2D eigenvalue weighted by Gasteiger charge is 2.26. The van der Waals surface area contributed by atoms with Crippen LogP contribution in [-0.4, -0.2) is 18.4 Å². The Labute approximate surface area is 79.4 Å². The standard InChI is InChI=1S/C11H17NO/c1-8(13)11-10-5-3-2-4-9(10)6-7-12-11/h11-12H,2-7H2,1H3. The Hall–Kier alpha value is -0.630. The monoisotopic (exact) mass is 179 g/mol. The number of rotatable bonds is 1. The average Bonchev–Trinajstić information content (AvgIpc) is 2.17. The van der Waals surface area contributed by atoms with Crippen molar-refractivity contribution in [1.29, 1.82) is 0 Å². The van der Waals surface area contributed by atoms with Crippen molar-refractivity contribution in [3.05, 3.63) is 11.1 Å². The highest BCUT2D eigenvalue weighted by Crippen LogP contribution is 2.31. The average molecular weight is 179 g/mol. The van der Waals surface area contributed by atoms with Gasteiger partial charge in [-0.05, 0) is 51.1 Å². The number of carbonyl (C=O) groups is 1. The predicted octanol–water partition coefficient (Wildman–Crippen LogP) is 1.81. The highest BCUT2D eigenvalue weighted by atomic mass is 16.1. The van der Waals surface area contributed by atoms with E-state index in [9.17, 15) is 4.79 Å². The van der Waals surface area contributed by atoms with E-state index in [2.05, 4.69) is 5.32 Å². The van der Waals surface area contributed by atoms with Gasteiger partial charge in [-0.1, -0.05) is 5.57 Å². The Bertz CT molecular complexity index is 251. The molecule has 13 heavy (non-hydrogen) atoms. The summed E-state index contributed by atoms with van der Waals surface area (Å²) in [6, 6.07) is 0.0593. The third-order valence-corrected chi connectivity index (χ3v) is 3.16. The molecule has 1 aliphatic heterocycles. The Morgan fingerprint density at radius 2 is 2.08 bits per heavy atom. The molecule has 0 saturated carbocycles. The van der Waals surface area contributed by atoms with Gasteiger partial charge in [0.25, 0.3) is 0 Å². The van der Waals surface area contributed by atoms with Crippen LogP contribution in [-0.2, 0) is 4.79 Å². The predicted molar refractivity (Wildman–Crippen MR) is 52.6 cm³/mol. The molecule has 0 aromatic heterocycles. The van der Waals surface area contributed by atoms with Crippen molar-refractivity contribution >= 4 is 5.78 Å². The molecule has 1 N–H and O–H groups in total. The summed E-state index contributed by atoms with van der Waals surface area (Å²) in [7, 11) is 0. The number of Topliss-reactive ketones (excluding diaryl/α,β-unsaturated/α-hetero) is 1. The minimum atomic E-state index is 0.0593. The molecule has 1 heterocycles. The van der Waals surface area contributed by atoms with Crippen LogP contribution in [0.5, 0.6) is 0 Å². The van der Waals surface area contributed by atoms with Crippen molar-refractivity contribution in [3.63, 3.8) is 0 Å². The van der Waals surface area contributed by atoms with Crippen LogP contribution < -0.4 is 5.32 Å². The Morgan fingerprint density at radius 3 is 2.85 bits per heavy atom. The number of hydrogen-bond acceptors (Lipinski definition) is 2. The maximum Gasteiger partial charge on any atom is 0.150 e. The van der Waals surface area contributed by atoms with Gasteiger partial charge in [-0.15, -0.1) is 0 Å². The smallest absolute Gasteiger partial charge is 0.150 e. The lowest BCUT2D eigenvalue weighted by molar-refractivity contribution is -0.118. The summed E-state index contributed by atoms with van der Waals surface area (Å²) >= 11 is 0. The molecule has 0 bridgehead atoms. The molecule has 2 rings (SSSR count). The minimum absolute atomic E-state index is 0.0593. The van der Waals surface area contributed by atoms with Crippen LogP contribution in [0, 0.1) is 0 Å². The summed E-state index contributed by atoms with van der Waals surface area (Å²) in [5, 5.41) is 3.31. The van der Waals surface area contributed by atoms with Gasteiger partial charge < -0.3 is 5.32 Å². The van der Waals surface area contributed by atoms with Gasteiger partial charge in [-0.25, -0.2) is 0 Å². The Balaban J connectivity index is 2.25. The first-order valence-electron chi connectivity index (χ1n) is 5.23. The minimum Gasteiger partial charge on any atom is -0.304 e. The summed E-state index contributed by atoms with van der Waals surface area (Å²) in [5.41, 5.74) is 3.00. The summed E-state index contributed by atoms with van der Waals surface area (Å²) in [4.78, 5) is 11.4. The molecular formula is C11H17NO. The van der Waals surface area contributed by atoms with E-state index in [0.29, 0.717) is 0 Å². The van der Waals surface area contributed by atoms with Gasteiger partial charge >= 0.3 is 0 Å². The zero-order valence-electron chi connectivity index (χ0n) is 8.23. The van der Waals surface area contributed by atoms with Crippen molar-refractivity contribution in [2.75, 3.05) is 6.54 Å². The molecule has 72 valence electrons. The topological polar surface area (TPSA) is 29.1 Å². The molecule has 2 aliphatic rings. The van der Waals surface area contributed by atoms with Crippen LogP contribution in [0.25, 0.3) is 0 Å². The fraction of sp³-hybridized carbons (Fsp3) is 0.727. The number of ketones is 1. The third-order valence-electron chi connectivity index (χ3n) is 3.16. The first-order valence-corrected chi connectivity index (χ1v) is 5.23. The van der Waals surface area contributed by atoms with Gasteiger partial charge in [-0.3, -0.25) is 4.79 Å². The SMILES string of the molecule is CC(=O)C1NCCC2=C1CCCC2. The number of nitrogens with one attached hydrogen (secondary N) is 1. The zero-order chi connectivity index (χ0) is 9.26.